The van der Waals surface area contributed by atoms with E-state index < -0.39 is 14.6 Å². The van der Waals surface area contributed by atoms with Crippen LogP contribution < -0.4 is 5.32 Å². The number of nitrogens with one attached hydrogen (secondary N) is 1. The van der Waals surface area contributed by atoms with E-state index >= 15 is 0 Å². The Morgan fingerprint density at radius 1 is 1.43 bits per heavy atom. The van der Waals surface area contributed by atoms with Gasteiger partial charge in [-0.1, -0.05) is 0 Å². The van der Waals surface area contributed by atoms with Crippen molar-refractivity contribution in [1.29, 1.82) is 0 Å². The minimum Gasteiger partial charge on any atom is -0.355 e. The molecule has 1 saturated carbocycles. The Morgan fingerprint density at radius 2 is 2.04 bits per heavy atom. The van der Waals surface area contributed by atoms with Crippen LogP contribution in [0.25, 0.3) is 0 Å². The van der Waals surface area contributed by atoms with Gasteiger partial charge in [0.15, 0.2) is 15.8 Å². The molecule has 0 bridgehead atoms. The Bertz CT molecular complexity index is 532. The molecule has 1 atom stereocenters. The van der Waals surface area contributed by atoms with E-state index in [9.17, 15) is 8.42 Å². The van der Waals surface area contributed by atoms with Crippen molar-refractivity contribution in [2.24, 2.45) is 4.99 Å². The molecule has 8 heteroatoms. The number of likely N-dealkylation sites (N-methyl/N-ethyl adjacent to an activating group) is 1. The van der Waals surface area contributed by atoms with Crippen molar-refractivity contribution in [3.05, 3.63) is 0 Å². The highest BCUT2D eigenvalue weighted by Crippen LogP contribution is 2.27. The van der Waals surface area contributed by atoms with Gasteiger partial charge in [0.2, 0.25) is 0 Å². The van der Waals surface area contributed by atoms with E-state index in [1.165, 1.54) is 12.8 Å². The second kappa shape index (κ2) is 7.86. The first kappa shape index (κ1) is 21.0. The second-order valence-corrected chi connectivity index (χ2v) is 9.92. The molecule has 23 heavy (non-hydrogen) atoms. The summed E-state index contributed by atoms with van der Waals surface area (Å²) in [6.45, 7) is 7.63. The smallest absolute Gasteiger partial charge is 0.193 e. The minimum absolute atomic E-state index is 0. The van der Waals surface area contributed by atoms with Crippen LogP contribution in [-0.2, 0) is 9.84 Å². The lowest BCUT2D eigenvalue weighted by atomic mass is 10.2. The molecule has 1 unspecified atom stereocenters. The Labute approximate surface area is 158 Å². The summed E-state index contributed by atoms with van der Waals surface area (Å²) >= 11 is 0. The normalized spacial score (nSPS) is 25.0. The molecule has 0 radical (unpaired) electrons. The summed E-state index contributed by atoms with van der Waals surface area (Å²) in [5.41, 5.74) is 0. The fraction of sp³-hybridized carbons (Fsp3) is 0.933. The molecule has 0 amide bonds. The van der Waals surface area contributed by atoms with Gasteiger partial charge in [0.25, 0.3) is 0 Å². The van der Waals surface area contributed by atoms with Gasteiger partial charge in [-0.2, -0.15) is 0 Å². The van der Waals surface area contributed by atoms with Crippen LogP contribution >= 0.6 is 24.0 Å². The molecule has 0 aromatic carbocycles. The van der Waals surface area contributed by atoms with Gasteiger partial charge in [0, 0.05) is 38.8 Å². The van der Waals surface area contributed by atoms with Gasteiger partial charge in [-0.3, -0.25) is 9.89 Å². The first-order chi connectivity index (χ1) is 10.2. The highest BCUT2D eigenvalue weighted by Gasteiger charge is 2.41. The number of aliphatic imine (C=N–C) groups is 1. The van der Waals surface area contributed by atoms with E-state index in [0.717, 1.165) is 18.5 Å². The summed E-state index contributed by atoms with van der Waals surface area (Å²) < 4.78 is 23.5. The molecule has 1 saturated heterocycles. The molecule has 1 aliphatic carbocycles. The lowest BCUT2D eigenvalue weighted by Crippen LogP contribution is -2.58. The Kier molecular flexibility index (Phi) is 7.16. The summed E-state index contributed by atoms with van der Waals surface area (Å²) in [6, 6.07) is 1.17. The average Bonchev–Trinajstić information content (AvgIpc) is 3.26. The maximum absolute atomic E-state index is 12.1. The molecule has 2 rings (SSSR count). The van der Waals surface area contributed by atoms with E-state index in [1.807, 2.05) is 0 Å². The van der Waals surface area contributed by atoms with Gasteiger partial charge in [0.05, 0.1) is 10.5 Å². The predicted octanol–water partition coefficient (Wildman–Crippen LogP) is 1.17. The molecule has 2 aliphatic rings. The molecule has 1 aliphatic heterocycles. The van der Waals surface area contributed by atoms with Crippen LogP contribution in [0.4, 0.5) is 0 Å². The minimum atomic E-state index is -3.02. The summed E-state index contributed by atoms with van der Waals surface area (Å²) in [4.78, 5) is 8.80. The highest BCUT2D eigenvalue weighted by atomic mass is 127. The van der Waals surface area contributed by atoms with E-state index in [0.29, 0.717) is 19.1 Å². The zero-order valence-electron chi connectivity index (χ0n) is 14.9. The monoisotopic (exact) mass is 458 g/mol. The molecule has 0 spiro atoms. The quantitative estimate of drug-likeness (QED) is 0.390. The maximum Gasteiger partial charge on any atom is 0.193 e. The number of guanidine groups is 1. The van der Waals surface area contributed by atoms with Gasteiger partial charge in [-0.25, -0.2) is 8.42 Å². The zero-order chi connectivity index (χ0) is 16.5. The summed E-state index contributed by atoms with van der Waals surface area (Å²) in [6.07, 6.45) is 2.60. The Balaban J connectivity index is 0.00000264. The van der Waals surface area contributed by atoms with Crippen molar-refractivity contribution in [3.8, 4) is 0 Å². The van der Waals surface area contributed by atoms with E-state index in [1.54, 1.807) is 20.9 Å². The molecular weight excluding hydrogens is 427 g/mol. The van der Waals surface area contributed by atoms with Gasteiger partial charge >= 0.3 is 0 Å². The van der Waals surface area contributed by atoms with E-state index in [4.69, 9.17) is 0 Å². The van der Waals surface area contributed by atoms with Crippen molar-refractivity contribution in [2.75, 3.05) is 39.5 Å². The fourth-order valence-electron chi connectivity index (χ4n) is 2.88. The predicted molar refractivity (Wildman–Crippen MR) is 106 cm³/mol. The molecule has 0 aromatic rings. The molecule has 6 nitrogen and oxygen atoms in total. The lowest BCUT2D eigenvalue weighted by Gasteiger charge is -2.39. The molecule has 0 aromatic heterocycles. The van der Waals surface area contributed by atoms with Gasteiger partial charge in [0.1, 0.15) is 0 Å². The third-order valence-electron chi connectivity index (χ3n) is 4.93. The summed E-state index contributed by atoms with van der Waals surface area (Å²) in [5, 5.41) is 3.41. The van der Waals surface area contributed by atoms with Crippen LogP contribution in [0.3, 0.4) is 0 Å². The third-order valence-corrected chi connectivity index (χ3v) is 7.46. The third kappa shape index (κ3) is 4.94. The lowest BCUT2D eigenvalue weighted by molar-refractivity contribution is 0.245. The molecule has 136 valence electrons. The second-order valence-electron chi connectivity index (χ2n) is 7.17. The van der Waals surface area contributed by atoms with Crippen LogP contribution in [0.1, 0.15) is 33.6 Å². The van der Waals surface area contributed by atoms with Gasteiger partial charge < -0.3 is 10.2 Å². The van der Waals surface area contributed by atoms with Crippen molar-refractivity contribution >= 4 is 39.8 Å². The number of rotatable bonds is 4. The van der Waals surface area contributed by atoms with Gasteiger partial charge in [-0.15, -0.1) is 24.0 Å². The first-order valence-electron chi connectivity index (χ1n) is 8.08. The first-order valence-corrected chi connectivity index (χ1v) is 9.73. The average molecular weight is 458 g/mol. The Morgan fingerprint density at radius 3 is 2.52 bits per heavy atom. The van der Waals surface area contributed by atoms with Crippen molar-refractivity contribution in [2.45, 2.75) is 50.4 Å². The largest absolute Gasteiger partial charge is 0.355 e. The summed E-state index contributed by atoms with van der Waals surface area (Å²) in [7, 11) is 0.912. The fourth-order valence-corrected chi connectivity index (χ4v) is 4.25. The SMILES string of the molecule is CN=C(NCC(C)N(C)C1CC1)N1CCS(=O)(=O)C(C)(C)C1.I. The zero-order valence-corrected chi connectivity index (χ0v) is 18.0. The topological polar surface area (TPSA) is 65.0 Å². The van der Waals surface area contributed by atoms with Gasteiger partial charge in [-0.05, 0) is 40.7 Å². The van der Waals surface area contributed by atoms with Crippen molar-refractivity contribution < 1.29 is 8.42 Å². The molecule has 1 N–H and O–H groups in total. The molecule has 1 heterocycles. The number of halogens is 1. The van der Waals surface area contributed by atoms with Crippen LogP contribution in [0.5, 0.6) is 0 Å². The van der Waals surface area contributed by atoms with E-state index in [2.05, 4.69) is 34.1 Å². The van der Waals surface area contributed by atoms with E-state index in [-0.39, 0.29) is 29.7 Å². The van der Waals surface area contributed by atoms with Crippen LogP contribution in [-0.4, -0.2) is 80.5 Å². The summed E-state index contributed by atoms with van der Waals surface area (Å²) in [5.74, 6) is 0.997. The Hall–Kier alpha value is -0.0900. The van der Waals surface area contributed by atoms with Crippen molar-refractivity contribution in [1.82, 2.24) is 15.1 Å². The van der Waals surface area contributed by atoms with Crippen LogP contribution in [0, 0.1) is 0 Å². The molecular formula is C15H31IN4O2S. The number of hydrogen-bond acceptors (Lipinski definition) is 4. The number of sulfone groups is 1. The van der Waals surface area contributed by atoms with Crippen molar-refractivity contribution in [3.63, 3.8) is 0 Å². The highest BCUT2D eigenvalue weighted by molar-refractivity contribution is 14.0. The number of hydrogen-bond donors (Lipinski definition) is 1. The van der Waals surface area contributed by atoms with Crippen LogP contribution in [0.15, 0.2) is 4.99 Å². The molecule has 2 fully saturated rings. The van der Waals surface area contributed by atoms with Crippen LogP contribution in [0.2, 0.25) is 0 Å². The maximum atomic E-state index is 12.1. The number of nitrogens with zero attached hydrogens (tertiary/aromatic N) is 3. The standard InChI is InChI=1S/C15H30N4O2S.HI/c1-12(18(5)13-6-7-13)10-17-14(16-4)19-8-9-22(20,21)15(2,3)11-19;/h12-13H,6-11H2,1-5H3,(H,16,17);1H.